The van der Waals surface area contributed by atoms with Crippen molar-refractivity contribution in [3.8, 4) is 0 Å². The number of hydrogen-bond acceptors (Lipinski definition) is 8. The molecule has 1 aromatic carbocycles. The van der Waals surface area contributed by atoms with E-state index < -0.39 is 36.1 Å². The molecule has 26 heavy (non-hydrogen) atoms. The average Bonchev–Trinajstić information content (AvgIpc) is 3.06. The lowest BCUT2D eigenvalue weighted by Gasteiger charge is -2.11. The van der Waals surface area contributed by atoms with Crippen molar-refractivity contribution in [2.45, 2.75) is 17.3 Å². The molecule has 4 N–H and O–H groups in total. The molecule has 0 fully saturated rings. The zero-order valence-corrected chi connectivity index (χ0v) is 13.6. The van der Waals surface area contributed by atoms with Gasteiger partial charge in [-0.15, -0.1) is 0 Å². The van der Waals surface area contributed by atoms with E-state index >= 15 is 0 Å². The first-order chi connectivity index (χ1) is 12.3. The van der Waals surface area contributed by atoms with Crippen molar-refractivity contribution in [1.82, 2.24) is 10.3 Å². The summed E-state index contributed by atoms with van der Waals surface area (Å²) in [7, 11) is 0. The number of benzene rings is 1. The van der Waals surface area contributed by atoms with Gasteiger partial charge in [0.25, 0.3) is 0 Å². The minimum Gasteiger partial charge on any atom is -0.409 e. The van der Waals surface area contributed by atoms with E-state index in [0.29, 0.717) is 12.1 Å². The van der Waals surface area contributed by atoms with Gasteiger partial charge in [0.15, 0.2) is 10.7 Å². The predicted octanol–water partition coefficient (Wildman–Crippen LogP) is 1.92. The Morgan fingerprint density at radius 3 is 2.69 bits per heavy atom. The summed E-state index contributed by atoms with van der Waals surface area (Å²) in [4.78, 5) is 0. The summed E-state index contributed by atoms with van der Waals surface area (Å²) >= 11 is 0.901. The molecule has 0 saturated heterocycles. The highest BCUT2D eigenvalue weighted by molar-refractivity contribution is 7.99. The van der Waals surface area contributed by atoms with Gasteiger partial charge in [0.2, 0.25) is 5.84 Å². The zero-order valence-electron chi connectivity index (χ0n) is 12.7. The van der Waals surface area contributed by atoms with Crippen LogP contribution >= 0.6 is 11.8 Å². The SMILES string of the molecule is OC[C@@H](O)CSc1nonc1/C(=N/O)Nc1ccc(F)c(C(F)(F)F)c1. The smallest absolute Gasteiger partial charge is 0.409 e. The third-order valence-corrected chi connectivity index (χ3v) is 4.03. The minimum atomic E-state index is -4.91. The van der Waals surface area contributed by atoms with E-state index in [4.69, 9.17) is 10.3 Å². The lowest BCUT2D eigenvalue weighted by Crippen LogP contribution is -2.18. The number of rotatable bonds is 6. The first kappa shape index (κ1) is 19.9. The van der Waals surface area contributed by atoms with Gasteiger partial charge in [-0.25, -0.2) is 9.02 Å². The number of aromatic nitrogens is 2. The number of aliphatic hydroxyl groups is 2. The van der Waals surface area contributed by atoms with Crippen molar-refractivity contribution in [3.63, 3.8) is 0 Å². The van der Waals surface area contributed by atoms with Gasteiger partial charge in [0.05, 0.1) is 18.3 Å². The van der Waals surface area contributed by atoms with E-state index in [-0.39, 0.29) is 22.2 Å². The first-order valence-corrected chi connectivity index (χ1v) is 7.85. The highest BCUT2D eigenvalue weighted by atomic mass is 32.2. The Hall–Kier alpha value is -2.38. The van der Waals surface area contributed by atoms with Gasteiger partial charge >= 0.3 is 6.18 Å². The molecule has 0 bridgehead atoms. The fourth-order valence-electron chi connectivity index (χ4n) is 1.74. The summed E-state index contributed by atoms with van der Waals surface area (Å²) in [5, 5.41) is 39.5. The summed E-state index contributed by atoms with van der Waals surface area (Å²) in [6, 6.07) is 2.11. The van der Waals surface area contributed by atoms with E-state index in [0.717, 1.165) is 17.8 Å². The van der Waals surface area contributed by atoms with Crippen LogP contribution in [-0.2, 0) is 6.18 Å². The molecule has 0 aliphatic carbocycles. The van der Waals surface area contributed by atoms with Crippen molar-refractivity contribution in [2.24, 2.45) is 5.16 Å². The second-order valence-corrected chi connectivity index (χ2v) is 5.84. The fraction of sp³-hybridized carbons (Fsp3) is 0.308. The Morgan fingerprint density at radius 2 is 2.08 bits per heavy atom. The summed E-state index contributed by atoms with van der Waals surface area (Å²) in [5.74, 6) is -1.86. The van der Waals surface area contributed by atoms with Crippen LogP contribution < -0.4 is 5.32 Å². The Labute approximate surface area is 147 Å². The van der Waals surface area contributed by atoms with Crippen LogP contribution in [0, 0.1) is 5.82 Å². The maximum absolute atomic E-state index is 13.3. The average molecular weight is 396 g/mol. The van der Waals surface area contributed by atoms with Gasteiger partial charge in [-0.05, 0) is 28.5 Å². The molecule has 8 nitrogen and oxygen atoms in total. The van der Waals surface area contributed by atoms with Gasteiger partial charge in [0.1, 0.15) is 5.82 Å². The molecular weight excluding hydrogens is 384 g/mol. The van der Waals surface area contributed by atoms with Crippen molar-refractivity contribution >= 4 is 23.3 Å². The van der Waals surface area contributed by atoms with Crippen molar-refractivity contribution < 1.29 is 37.6 Å². The predicted molar refractivity (Wildman–Crippen MR) is 81.5 cm³/mol. The standard InChI is InChI=1S/C13H12F4N4O4S/c14-9-2-1-6(3-8(9)13(15,16)17)18-11(19-24)10-12(21-25-20-10)26-5-7(23)4-22/h1-3,7,22-24H,4-5H2,(H,18,19)/t7-/m1/s1. The van der Waals surface area contributed by atoms with Gasteiger partial charge in [-0.1, -0.05) is 16.9 Å². The molecule has 0 aliphatic rings. The molecular formula is C13H12F4N4O4S. The lowest BCUT2D eigenvalue weighted by atomic mass is 10.1. The number of halogens is 4. The van der Waals surface area contributed by atoms with Crippen LogP contribution in [-0.4, -0.2) is 50.0 Å². The van der Waals surface area contributed by atoms with Crippen LogP contribution in [0.15, 0.2) is 33.0 Å². The number of hydrogen-bond donors (Lipinski definition) is 4. The van der Waals surface area contributed by atoms with Crippen molar-refractivity contribution in [2.75, 3.05) is 17.7 Å². The highest BCUT2D eigenvalue weighted by Crippen LogP contribution is 2.33. The molecule has 0 aliphatic heterocycles. The molecule has 2 rings (SSSR count). The van der Waals surface area contributed by atoms with Gasteiger partial charge in [0, 0.05) is 11.4 Å². The number of anilines is 1. The fourth-order valence-corrected chi connectivity index (χ4v) is 2.55. The van der Waals surface area contributed by atoms with Crippen LogP contribution in [0.4, 0.5) is 23.2 Å². The number of nitrogens with zero attached hydrogens (tertiary/aromatic N) is 3. The minimum absolute atomic E-state index is 0.00515. The molecule has 1 atom stereocenters. The normalized spacial score (nSPS) is 13.7. The van der Waals surface area contributed by atoms with E-state index in [1.807, 2.05) is 0 Å². The van der Waals surface area contributed by atoms with Crippen LogP contribution in [0.2, 0.25) is 0 Å². The van der Waals surface area contributed by atoms with Crippen molar-refractivity contribution in [3.05, 3.63) is 35.3 Å². The summed E-state index contributed by atoms with van der Waals surface area (Å²) in [6.07, 6.45) is -5.96. The van der Waals surface area contributed by atoms with Gasteiger partial charge in [-0.3, -0.25) is 0 Å². The largest absolute Gasteiger partial charge is 0.419 e. The summed E-state index contributed by atoms with van der Waals surface area (Å²) in [5.41, 5.74) is -1.87. The third kappa shape index (κ3) is 4.83. The maximum atomic E-state index is 13.3. The van der Waals surface area contributed by atoms with E-state index in [1.54, 1.807) is 0 Å². The van der Waals surface area contributed by atoms with Crippen LogP contribution in [0.25, 0.3) is 0 Å². The molecule has 0 unspecified atom stereocenters. The van der Waals surface area contributed by atoms with Gasteiger partial charge < -0.3 is 20.7 Å². The van der Waals surface area contributed by atoms with Crippen LogP contribution in [0.1, 0.15) is 11.3 Å². The lowest BCUT2D eigenvalue weighted by molar-refractivity contribution is -0.139. The Balaban J connectivity index is 2.23. The number of amidine groups is 1. The number of oxime groups is 1. The molecule has 0 spiro atoms. The summed E-state index contributed by atoms with van der Waals surface area (Å²) < 4.78 is 56.1. The molecule has 0 radical (unpaired) electrons. The Kier molecular flexibility index (Phi) is 6.39. The quantitative estimate of drug-likeness (QED) is 0.146. The number of thioether (sulfide) groups is 1. The van der Waals surface area contributed by atoms with Crippen LogP contribution in [0.5, 0.6) is 0 Å². The highest BCUT2D eigenvalue weighted by Gasteiger charge is 2.34. The van der Waals surface area contributed by atoms with E-state index in [2.05, 4.69) is 25.4 Å². The molecule has 1 heterocycles. The second kappa shape index (κ2) is 8.33. The summed E-state index contributed by atoms with van der Waals surface area (Å²) in [6.45, 7) is -0.497. The maximum Gasteiger partial charge on any atom is 0.419 e. The van der Waals surface area contributed by atoms with E-state index in [1.165, 1.54) is 0 Å². The zero-order chi connectivity index (χ0) is 19.3. The Morgan fingerprint density at radius 1 is 1.35 bits per heavy atom. The second-order valence-electron chi connectivity index (χ2n) is 4.83. The molecule has 13 heteroatoms. The molecule has 1 aromatic heterocycles. The first-order valence-electron chi connectivity index (χ1n) is 6.86. The molecule has 2 aromatic rings. The monoisotopic (exact) mass is 396 g/mol. The molecule has 142 valence electrons. The van der Waals surface area contributed by atoms with E-state index in [9.17, 15) is 22.7 Å². The van der Waals surface area contributed by atoms with Crippen LogP contribution in [0.3, 0.4) is 0 Å². The number of alkyl halides is 3. The van der Waals surface area contributed by atoms with Crippen molar-refractivity contribution in [1.29, 1.82) is 0 Å². The van der Waals surface area contributed by atoms with Gasteiger partial charge in [-0.2, -0.15) is 13.2 Å². The Bertz CT molecular complexity index is 784. The third-order valence-electron chi connectivity index (χ3n) is 2.94. The molecule has 0 amide bonds. The number of nitrogens with one attached hydrogen (secondary N) is 1. The number of aliphatic hydroxyl groups excluding tert-OH is 2. The molecule has 0 saturated carbocycles. The topological polar surface area (TPSA) is 124 Å².